The number of aliphatic carboxylic acids is 1. The van der Waals surface area contributed by atoms with E-state index in [-0.39, 0.29) is 43.7 Å². The Morgan fingerprint density at radius 1 is 1.14 bits per heavy atom. The van der Waals surface area contributed by atoms with Crippen LogP contribution in [0.3, 0.4) is 0 Å². The van der Waals surface area contributed by atoms with Gasteiger partial charge in [-0.15, -0.1) is 0 Å². The molecule has 0 aliphatic rings. The van der Waals surface area contributed by atoms with Gasteiger partial charge in [0.05, 0.1) is 24.0 Å². The number of carboxylic acids is 1. The Kier molecular flexibility index (Phi) is 9.36. The first-order valence-electron chi connectivity index (χ1n) is 10.6. The average Bonchev–Trinajstić information content (AvgIpc) is 2.68. The van der Waals surface area contributed by atoms with Gasteiger partial charge in [0, 0.05) is 6.42 Å². The number of carbonyl (C=O) groups excluding carboxylic acids is 1. The fourth-order valence-electron chi connectivity index (χ4n) is 3.99. The maximum Gasteiger partial charge on any atom is 0.308 e. The SMILES string of the molecule is CCOC(=O)C(CC)CC(C#N)(CCC(=O)O)c1c(C(C)C)cccc1C(C)C. The summed E-state index contributed by atoms with van der Waals surface area (Å²) in [6, 6.07) is 8.50. The van der Waals surface area contributed by atoms with E-state index in [0.717, 1.165) is 16.7 Å². The Hall–Kier alpha value is -2.35. The summed E-state index contributed by atoms with van der Waals surface area (Å²) in [5, 5.41) is 19.8. The molecule has 5 heteroatoms. The molecular weight excluding hydrogens is 366 g/mol. The van der Waals surface area contributed by atoms with Gasteiger partial charge in [0.2, 0.25) is 0 Å². The van der Waals surface area contributed by atoms with Crippen LogP contribution in [0, 0.1) is 17.2 Å². The monoisotopic (exact) mass is 401 g/mol. The van der Waals surface area contributed by atoms with E-state index in [1.165, 1.54) is 0 Å². The van der Waals surface area contributed by atoms with Crippen molar-refractivity contribution in [3.63, 3.8) is 0 Å². The van der Waals surface area contributed by atoms with Crippen LogP contribution in [0.1, 0.15) is 95.8 Å². The van der Waals surface area contributed by atoms with Crippen LogP contribution in [0.5, 0.6) is 0 Å². The Labute approximate surface area is 175 Å². The maximum atomic E-state index is 12.5. The van der Waals surface area contributed by atoms with Crippen LogP contribution < -0.4 is 0 Å². The highest BCUT2D eigenvalue weighted by Crippen LogP contribution is 2.44. The second kappa shape index (κ2) is 11.0. The molecule has 2 unspecified atom stereocenters. The molecule has 1 rings (SSSR count). The second-order valence-electron chi connectivity index (χ2n) is 8.27. The van der Waals surface area contributed by atoms with Gasteiger partial charge in [-0.3, -0.25) is 9.59 Å². The van der Waals surface area contributed by atoms with Crippen molar-refractivity contribution in [3.05, 3.63) is 34.9 Å². The number of benzene rings is 1. The summed E-state index contributed by atoms with van der Waals surface area (Å²) in [5.41, 5.74) is 1.92. The summed E-state index contributed by atoms with van der Waals surface area (Å²) in [4.78, 5) is 23.9. The molecule has 1 aromatic rings. The summed E-state index contributed by atoms with van der Waals surface area (Å²) in [7, 11) is 0. The van der Waals surface area contributed by atoms with Crippen molar-refractivity contribution in [1.29, 1.82) is 5.26 Å². The molecule has 0 aromatic heterocycles. The summed E-state index contributed by atoms with van der Waals surface area (Å²) in [6.07, 6.45) is 0.834. The first-order valence-corrected chi connectivity index (χ1v) is 10.6. The number of hydrogen-bond acceptors (Lipinski definition) is 4. The molecule has 0 bridgehead atoms. The van der Waals surface area contributed by atoms with Crippen LogP contribution in [-0.2, 0) is 19.7 Å². The maximum absolute atomic E-state index is 12.5. The van der Waals surface area contributed by atoms with Crippen molar-refractivity contribution in [3.8, 4) is 6.07 Å². The Morgan fingerprint density at radius 3 is 2.07 bits per heavy atom. The fraction of sp³-hybridized carbons (Fsp3) is 0.625. The Balaban J connectivity index is 3.71. The van der Waals surface area contributed by atoms with Crippen molar-refractivity contribution in [2.24, 2.45) is 5.92 Å². The Morgan fingerprint density at radius 2 is 1.69 bits per heavy atom. The van der Waals surface area contributed by atoms with E-state index in [4.69, 9.17) is 4.74 Å². The number of nitrogens with zero attached hydrogens (tertiary/aromatic N) is 1. The summed E-state index contributed by atoms with van der Waals surface area (Å²) in [6.45, 7) is 12.2. The Bertz CT molecular complexity index is 721. The lowest BCUT2D eigenvalue weighted by atomic mass is 9.66. The van der Waals surface area contributed by atoms with E-state index >= 15 is 0 Å². The van der Waals surface area contributed by atoms with Gasteiger partial charge >= 0.3 is 11.9 Å². The van der Waals surface area contributed by atoms with Crippen LogP contribution in [0.15, 0.2) is 18.2 Å². The fourth-order valence-corrected chi connectivity index (χ4v) is 3.99. The van der Waals surface area contributed by atoms with E-state index in [2.05, 4.69) is 33.8 Å². The molecule has 0 aliphatic carbocycles. The molecule has 5 nitrogen and oxygen atoms in total. The van der Waals surface area contributed by atoms with Crippen molar-refractivity contribution in [1.82, 2.24) is 0 Å². The molecule has 0 amide bonds. The normalized spacial score (nSPS) is 14.3. The zero-order chi connectivity index (χ0) is 22.2. The molecule has 0 saturated heterocycles. The van der Waals surface area contributed by atoms with E-state index in [1.807, 2.05) is 25.1 Å². The first kappa shape index (κ1) is 24.7. The molecule has 0 heterocycles. The molecule has 0 radical (unpaired) electrons. The number of ether oxygens (including phenoxy) is 1. The highest BCUT2D eigenvalue weighted by molar-refractivity contribution is 5.73. The lowest BCUT2D eigenvalue weighted by Crippen LogP contribution is -2.34. The number of hydrogen-bond donors (Lipinski definition) is 1. The summed E-state index contributed by atoms with van der Waals surface area (Å²) >= 11 is 0. The standard InChI is InChI=1S/C24H35NO4/c1-7-18(23(28)29-8-2)14-24(15-25,13-12-21(26)27)22-19(16(3)4)10-9-11-20(22)17(5)6/h9-11,16-18H,7-8,12-14H2,1-6H3,(H,26,27). The van der Waals surface area contributed by atoms with Crippen LogP contribution in [0.4, 0.5) is 0 Å². The van der Waals surface area contributed by atoms with E-state index in [9.17, 15) is 20.0 Å². The number of carboxylic acid groups (broad SMARTS) is 1. The molecule has 0 saturated carbocycles. The molecule has 1 aromatic carbocycles. The van der Waals surface area contributed by atoms with Crippen LogP contribution in [-0.4, -0.2) is 23.7 Å². The van der Waals surface area contributed by atoms with Crippen LogP contribution >= 0.6 is 0 Å². The van der Waals surface area contributed by atoms with E-state index < -0.39 is 17.3 Å². The number of esters is 1. The van der Waals surface area contributed by atoms with Gasteiger partial charge in [-0.05, 0) is 54.7 Å². The number of nitriles is 1. The molecular formula is C24H35NO4. The predicted octanol–water partition coefficient (Wildman–Crippen LogP) is 5.54. The lowest BCUT2D eigenvalue weighted by molar-refractivity contribution is -0.148. The van der Waals surface area contributed by atoms with Gasteiger partial charge < -0.3 is 9.84 Å². The number of rotatable bonds is 11. The molecule has 0 aliphatic heterocycles. The summed E-state index contributed by atoms with van der Waals surface area (Å²) < 4.78 is 5.24. The van der Waals surface area contributed by atoms with Crippen molar-refractivity contribution in [2.45, 2.75) is 84.5 Å². The van der Waals surface area contributed by atoms with Gasteiger partial charge in [-0.2, -0.15) is 5.26 Å². The van der Waals surface area contributed by atoms with Gasteiger partial charge in [-0.1, -0.05) is 52.8 Å². The zero-order valence-corrected chi connectivity index (χ0v) is 18.6. The minimum absolute atomic E-state index is 0.128. The van der Waals surface area contributed by atoms with Crippen LogP contribution in [0.2, 0.25) is 0 Å². The third-order valence-corrected chi connectivity index (χ3v) is 5.54. The molecule has 1 N–H and O–H groups in total. The lowest BCUT2D eigenvalue weighted by Gasteiger charge is -2.35. The van der Waals surface area contributed by atoms with Gasteiger partial charge in [0.25, 0.3) is 0 Å². The molecule has 2 atom stereocenters. The largest absolute Gasteiger partial charge is 0.481 e. The zero-order valence-electron chi connectivity index (χ0n) is 18.6. The second-order valence-corrected chi connectivity index (χ2v) is 8.27. The van der Waals surface area contributed by atoms with Crippen molar-refractivity contribution in [2.75, 3.05) is 6.61 Å². The molecule has 160 valence electrons. The quantitative estimate of drug-likeness (QED) is 0.492. The third kappa shape index (κ3) is 6.06. The van der Waals surface area contributed by atoms with Gasteiger partial charge in [-0.25, -0.2) is 0 Å². The topological polar surface area (TPSA) is 87.4 Å². The molecule has 29 heavy (non-hydrogen) atoms. The average molecular weight is 402 g/mol. The van der Waals surface area contributed by atoms with Crippen molar-refractivity contribution < 1.29 is 19.4 Å². The smallest absolute Gasteiger partial charge is 0.308 e. The predicted molar refractivity (Wildman–Crippen MR) is 114 cm³/mol. The highest BCUT2D eigenvalue weighted by atomic mass is 16.5. The molecule has 0 spiro atoms. The van der Waals surface area contributed by atoms with E-state index in [0.29, 0.717) is 6.42 Å². The van der Waals surface area contributed by atoms with E-state index in [1.54, 1.807) is 6.92 Å². The third-order valence-electron chi connectivity index (χ3n) is 5.54. The number of carbonyl (C=O) groups is 2. The highest BCUT2D eigenvalue weighted by Gasteiger charge is 2.41. The summed E-state index contributed by atoms with van der Waals surface area (Å²) in [5.74, 6) is -1.38. The van der Waals surface area contributed by atoms with Gasteiger partial charge in [0.15, 0.2) is 0 Å². The minimum atomic E-state index is -1.06. The molecule has 0 fully saturated rings. The van der Waals surface area contributed by atoms with Crippen LogP contribution in [0.25, 0.3) is 0 Å². The van der Waals surface area contributed by atoms with Crippen molar-refractivity contribution >= 4 is 11.9 Å². The minimum Gasteiger partial charge on any atom is -0.481 e. The van der Waals surface area contributed by atoms with Gasteiger partial charge in [0.1, 0.15) is 0 Å². The first-order chi connectivity index (χ1) is 13.6.